The summed E-state index contributed by atoms with van der Waals surface area (Å²) in [6.45, 7) is 7.72. The summed E-state index contributed by atoms with van der Waals surface area (Å²) in [4.78, 5) is 24.9. The summed E-state index contributed by atoms with van der Waals surface area (Å²) >= 11 is 0. The minimum absolute atomic E-state index is 0.00362. The van der Waals surface area contributed by atoms with Gasteiger partial charge in [0, 0.05) is 12.6 Å². The smallest absolute Gasteiger partial charge is 0.410 e. The van der Waals surface area contributed by atoms with Crippen molar-refractivity contribution in [2.45, 2.75) is 32.9 Å². The van der Waals surface area contributed by atoms with Crippen LogP contribution in [0, 0.1) is 5.92 Å². The number of rotatable bonds is 8. The maximum atomic E-state index is 12.3. The van der Waals surface area contributed by atoms with E-state index in [9.17, 15) is 9.59 Å². The molecule has 1 aromatic rings. The van der Waals surface area contributed by atoms with E-state index in [-0.39, 0.29) is 18.9 Å². The molecule has 5 nitrogen and oxygen atoms in total. The molecule has 22 heavy (non-hydrogen) atoms. The molecule has 0 aliphatic heterocycles. The van der Waals surface area contributed by atoms with E-state index in [1.54, 1.807) is 0 Å². The van der Waals surface area contributed by atoms with Gasteiger partial charge in [0.1, 0.15) is 6.61 Å². The molecule has 1 atom stereocenters. The van der Waals surface area contributed by atoms with Gasteiger partial charge in [0.05, 0.1) is 6.42 Å². The number of carboxylic acid groups (broad SMARTS) is 1. The van der Waals surface area contributed by atoms with Gasteiger partial charge in [-0.2, -0.15) is 0 Å². The highest BCUT2D eigenvalue weighted by molar-refractivity contribution is 5.71. The minimum atomic E-state index is -0.937. The molecule has 0 saturated carbocycles. The average Bonchev–Trinajstić information content (AvgIpc) is 2.48. The molecule has 0 aliphatic carbocycles. The first-order valence-corrected chi connectivity index (χ1v) is 7.25. The quantitative estimate of drug-likeness (QED) is 0.748. The van der Waals surface area contributed by atoms with E-state index in [0.29, 0.717) is 6.54 Å². The van der Waals surface area contributed by atoms with Gasteiger partial charge < -0.3 is 14.7 Å². The van der Waals surface area contributed by atoms with Crippen molar-refractivity contribution >= 4 is 12.1 Å². The van der Waals surface area contributed by atoms with Crippen molar-refractivity contribution in [1.82, 2.24) is 4.90 Å². The van der Waals surface area contributed by atoms with Gasteiger partial charge in [-0.05, 0) is 11.5 Å². The summed E-state index contributed by atoms with van der Waals surface area (Å²) in [5.74, 6) is -0.940. The molecule has 0 radical (unpaired) electrons. The lowest BCUT2D eigenvalue weighted by Gasteiger charge is -2.32. The number of hydrogen-bond acceptors (Lipinski definition) is 3. The molecule has 0 aliphatic rings. The van der Waals surface area contributed by atoms with Crippen LogP contribution in [-0.4, -0.2) is 34.7 Å². The van der Waals surface area contributed by atoms with E-state index in [2.05, 4.69) is 6.58 Å². The van der Waals surface area contributed by atoms with Crippen LogP contribution in [0.15, 0.2) is 43.0 Å². The van der Waals surface area contributed by atoms with Crippen LogP contribution in [0.5, 0.6) is 0 Å². The number of nitrogens with zero attached hydrogens (tertiary/aromatic N) is 1. The summed E-state index contributed by atoms with van der Waals surface area (Å²) in [7, 11) is 0. The van der Waals surface area contributed by atoms with Gasteiger partial charge in [0.15, 0.2) is 0 Å². The van der Waals surface area contributed by atoms with Gasteiger partial charge in [-0.1, -0.05) is 56.8 Å². The molecular weight excluding hydrogens is 282 g/mol. The second kappa shape index (κ2) is 8.87. The zero-order chi connectivity index (χ0) is 16.5. The van der Waals surface area contributed by atoms with Gasteiger partial charge >= 0.3 is 12.1 Å². The van der Waals surface area contributed by atoms with Gasteiger partial charge in [0.25, 0.3) is 0 Å². The topological polar surface area (TPSA) is 66.8 Å². The summed E-state index contributed by atoms with van der Waals surface area (Å²) in [6.07, 6.45) is 0.845. The summed E-state index contributed by atoms with van der Waals surface area (Å²) < 4.78 is 5.11. The molecule has 1 unspecified atom stereocenters. The van der Waals surface area contributed by atoms with E-state index in [0.717, 1.165) is 5.56 Å². The Labute approximate surface area is 131 Å². The monoisotopic (exact) mass is 305 g/mol. The van der Waals surface area contributed by atoms with Crippen molar-refractivity contribution in [3.05, 3.63) is 48.6 Å². The third-order valence-electron chi connectivity index (χ3n) is 3.31. The molecule has 120 valence electrons. The summed E-state index contributed by atoms with van der Waals surface area (Å²) in [5.41, 5.74) is 0.925. The van der Waals surface area contributed by atoms with Crippen LogP contribution in [0.3, 0.4) is 0 Å². The lowest BCUT2D eigenvalue weighted by atomic mass is 9.98. The highest BCUT2D eigenvalue weighted by atomic mass is 16.6. The van der Waals surface area contributed by atoms with Crippen LogP contribution < -0.4 is 0 Å². The lowest BCUT2D eigenvalue weighted by molar-refractivity contribution is -0.138. The molecule has 1 rings (SSSR count). The second-order valence-electron chi connectivity index (χ2n) is 5.39. The highest BCUT2D eigenvalue weighted by Crippen LogP contribution is 2.19. The van der Waals surface area contributed by atoms with Crippen molar-refractivity contribution < 1.29 is 19.4 Å². The van der Waals surface area contributed by atoms with E-state index in [1.165, 1.54) is 11.0 Å². The normalized spacial score (nSPS) is 11.8. The molecule has 0 bridgehead atoms. The molecule has 5 heteroatoms. The number of benzene rings is 1. The lowest BCUT2D eigenvalue weighted by Crippen LogP contribution is -2.44. The average molecular weight is 305 g/mol. The zero-order valence-electron chi connectivity index (χ0n) is 13.1. The Bertz CT molecular complexity index is 499. The number of carboxylic acids is 1. The van der Waals surface area contributed by atoms with Crippen LogP contribution in [0.4, 0.5) is 4.79 Å². The molecule has 1 N–H and O–H groups in total. The van der Waals surface area contributed by atoms with Crippen LogP contribution in [-0.2, 0) is 16.1 Å². The van der Waals surface area contributed by atoms with Crippen LogP contribution >= 0.6 is 0 Å². The number of aliphatic carboxylic acids is 1. The minimum Gasteiger partial charge on any atom is -0.481 e. The molecule has 0 spiro atoms. The Morgan fingerprint density at radius 1 is 1.32 bits per heavy atom. The SMILES string of the molecule is C=CCOC(=O)N(Cc1ccccc1)C(CC(=O)O)C(C)C. The third kappa shape index (κ3) is 5.60. The Morgan fingerprint density at radius 2 is 1.95 bits per heavy atom. The fraction of sp³-hybridized carbons (Fsp3) is 0.412. The fourth-order valence-corrected chi connectivity index (χ4v) is 2.20. The van der Waals surface area contributed by atoms with Crippen molar-refractivity contribution in [1.29, 1.82) is 0 Å². The van der Waals surface area contributed by atoms with Crippen LogP contribution in [0.2, 0.25) is 0 Å². The predicted octanol–water partition coefficient (Wildman–Crippen LogP) is 3.31. The van der Waals surface area contributed by atoms with E-state index >= 15 is 0 Å². The second-order valence-corrected chi connectivity index (χ2v) is 5.39. The predicted molar refractivity (Wildman–Crippen MR) is 84.4 cm³/mol. The fourth-order valence-electron chi connectivity index (χ4n) is 2.20. The van der Waals surface area contributed by atoms with Gasteiger partial charge in [0.2, 0.25) is 0 Å². The summed E-state index contributed by atoms with van der Waals surface area (Å²) in [5, 5.41) is 9.11. The van der Waals surface area contributed by atoms with Gasteiger partial charge in [-0.3, -0.25) is 4.79 Å². The van der Waals surface area contributed by atoms with Crippen LogP contribution in [0.25, 0.3) is 0 Å². The highest BCUT2D eigenvalue weighted by Gasteiger charge is 2.29. The number of carbonyl (C=O) groups excluding carboxylic acids is 1. The Kier molecular flexibility index (Phi) is 7.16. The number of amides is 1. The maximum Gasteiger partial charge on any atom is 0.410 e. The van der Waals surface area contributed by atoms with Crippen LogP contribution in [0.1, 0.15) is 25.8 Å². The summed E-state index contributed by atoms with van der Waals surface area (Å²) in [6, 6.07) is 9.00. The van der Waals surface area contributed by atoms with E-state index < -0.39 is 18.1 Å². The van der Waals surface area contributed by atoms with Crippen molar-refractivity contribution in [3.63, 3.8) is 0 Å². The number of ether oxygens (including phenoxy) is 1. The molecule has 0 heterocycles. The first-order chi connectivity index (χ1) is 10.5. The molecule has 0 fully saturated rings. The Morgan fingerprint density at radius 3 is 2.45 bits per heavy atom. The van der Waals surface area contributed by atoms with E-state index in [1.807, 2.05) is 44.2 Å². The third-order valence-corrected chi connectivity index (χ3v) is 3.31. The zero-order valence-corrected chi connectivity index (χ0v) is 13.1. The molecule has 0 saturated heterocycles. The first kappa shape index (κ1) is 17.8. The number of hydrogen-bond donors (Lipinski definition) is 1. The first-order valence-electron chi connectivity index (χ1n) is 7.25. The maximum absolute atomic E-state index is 12.3. The van der Waals surface area contributed by atoms with Gasteiger partial charge in [-0.25, -0.2) is 4.79 Å². The van der Waals surface area contributed by atoms with E-state index in [4.69, 9.17) is 9.84 Å². The largest absolute Gasteiger partial charge is 0.481 e. The van der Waals surface area contributed by atoms with Gasteiger partial charge in [-0.15, -0.1) is 0 Å². The molecular formula is C17H23NO4. The molecule has 0 aromatic heterocycles. The molecule has 1 amide bonds. The number of carbonyl (C=O) groups is 2. The molecule has 1 aromatic carbocycles. The Hall–Kier alpha value is -2.30. The van der Waals surface area contributed by atoms with Crippen molar-refractivity contribution in [2.24, 2.45) is 5.92 Å². The van der Waals surface area contributed by atoms with Crippen molar-refractivity contribution in [3.8, 4) is 0 Å². The standard InChI is InChI=1S/C17H23NO4/c1-4-10-22-17(21)18(12-14-8-6-5-7-9-14)15(13(2)3)11-16(19)20/h4-9,13,15H,1,10-12H2,2-3H3,(H,19,20). The van der Waals surface area contributed by atoms with Crippen molar-refractivity contribution in [2.75, 3.05) is 6.61 Å². The Balaban J connectivity index is 2.99.